The number of rotatable bonds is 5. The fraction of sp³-hybridized carbons (Fsp3) is 0.733. The summed E-state index contributed by atoms with van der Waals surface area (Å²) >= 11 is 1.67. The van der Waals surface area contributed by atoms with Crippen LogP contribution in [0.3, 0.4) is 0 Å². The summed E-state index contributed by atoms with van der Waals surface area (Å²) in [5.41, 5.74) is 1.29. The maximum atomic E-state index is 12.9. The lowest BCUT2D eigenvalue weighted by Crippen LogP contribution is -2.39. The Morgan fingerprint density at radius 3 is 2.80 bits per heavy atom. The third-order valence-corrected chi connectivity index (χ3v) is 5.17. The zero-order valence-corrected chi connectivity index (χ0v) is 12.6. The van der Waals surface area contributed by atoms with Gasteiger partial charge in [-0.2, -0.15) is 24.5 Å². The molecule has 20 heavy (non-hydrogen) atoms. The summed E-state index contributed by atoms with van der Waals surface area (Å²) in [6.07, 6.45) is 0.0573. The van der Waals surface area contributed by atoms with Gasteiger partial charge in [-0.3, -0.25) is 0 Å². The van der Waals surface area contributed by atoms with Gasteiger partial charge in [0.1, 0.15) is 0 Å². The van der Waals surface area contributed by atoms with E-state index >= 15 is 0 Å². The Morgan fingerprint density at radius 2 is 2.20 bits per heavy atom. The van der Waals surface area contributed by atoms with Crippen molar-refractivity contribution in [2.24, 2.45) is 11.8 Å². The van der Waals surface area contributed by atoms with Crippen molar-refractivity contribution >= 4 is 11.3 Å². The van der Waals surface area contributed by atoms with E-state index in [9.17, 15) is 13.2 Å². The van der Waals surface area contributed by atoms with E-state index in [1.165, 1.54) is 5.56 Å². The average molecular weight is 305 g/mol. The molecule has 1 aliphatic carbocycles. The highest BCUT2D eigenvalue weighted by atomic mass is 32.1. The highest BCUT2D eigenvalue weighted by Gasteiger charge is 2.43. The maximum Gasteiger partial charge on any atom is 0.391 e. The van der Waals surface area contributed by atoms with Gasteiger partial charge in [-0.05, 0) is 67.5 Å². The topological polar surface area (TPSA) is 12.0 Å². The molecule has 0 aromatic carbocycles. The van der Waals surface area contributed by atoms with Crippen molar-refractivity contribution in [3.63, 3.8) is 0 Å². The Bertz CT molecular complexity index is 388. The van der Waals surface area contributed by atoms with Crippen LogP contribution < -0.4 is 5.32 Å². The molecule has 0 saturated heterocycles. The normalized spacial score (nSPS) is 25.6. The molecule has 5 heteroatoms. The first-order valence-corrected chi connectivity index (χ1v) is 8.20. The Balaban J connectivity index is 1.89. The molecule has 0 spiro atoms. The number of thiophene rings is 1. The van der Waals surface area contributed by atoms with E-state index in [1.54, 1.807) is 11.3 Å². The Hall–Kier alpha value is -0.550. The molecule has 1 aliphatic rings. The van der Waals surface area contributed by atoms with E-state index < -0.39 is 12.1 Å². The van der Waals surface area contributed by atoms with Crippen molar-refractivity contribution in [3.8, 4) is 0 Å². The third kappa shape index (κ3) is 4.22. The lowest BCUT2D eigenvalue weighted by Gasteiger charge is -2.35. The molecule has 1 nitrogen and oxygen atoms in total. The summed E-state index contributed by atoms with van der Waals surface area (Å²) in [7, 11) is 1.87. The second-order valence-electron chi connectivity index (χ2n) is 5.73. The second-order valence-corrected chi connectivity index (χ2v) is 6.51. The Labute approximate surface area is 122 Å². The summed E-state index contributed by atoms with van der Waals surface area (Å²) < 4.78 is 38.6. The van der Waals surface area contributed by atoms with Crippen LogP contribution in [0.5, 0.6) is 0 Å². The van der Waals surface area contributed by atoms with Crippen molar-refractivity contribution in [3.05, 3.63) is 22.4 Å². The van der Waals surface area contributed by atoms with Crippen LogP contribution in [0.15, 0.2) is 16.8 Å². The van der Waals surface area contributed by atoms with Crippen molar-refractivity contribution in [1.82, 2.24) is 5.32 Å². The maximum absolute atomic E-state index is 12.9. The predicted molar refractivity (Wildman–Crippen MR) is 77.0 cm³/mol. The van der Waals surface area contributed by atoms with Crippen LogP contribution in [0.25, 0.3) is 0 Å². The van der Waals surface area contributed by atoms with Crippen LogP contribution >= 0.6 is 11.3 Å². The van der Waals surface area contributed by atoms with Gasteiger partial charge in [-0.25, -0.2) is 0 Å². The summed E-state index contributed by atoms with van der Waals surface area (Å²) in [5, 5.41) is 7.41. The molecule has 1 fully saturated rings. The van der Waals surface area contributed by atoms with E-state index in [0.29, 0.717) is 19.3 Å². The lowest BCUT2D eigenvalue weighted by atomic mass is 9.76. The highest BCUT2D eigenvalue weighted by molar-refractivity contribution is 7.07. The SMILES string of the molecule is CNC(CCc1ccsc1)C1CCCC(C(F)(F)F)C1. The number of alkyl halides is 3. The summed E-state index contributed by atoms with van der Waals surface area (Å²) in [5.74, 6) is -0.947. The minimum absolute atomic E-state index is 0.152. The van der Waals surface area contributed by atoms with Crippen molar-refractivity contribution in [2.75, 3.05) is 7.05 Å². The fourth-order valence-electron chi connectivity index (χ4n) is 3.26. The van der Waals surface area contributed by atoms with Crippen LogP contribution in [0, 0.1) is 11.8 Å². The predicted octanol–water partition coefficient (Wildman–Crippen LogP) is 4.64. The summed E-state index contributed by atoms with van der Waals surface area (Å²) in [6, 6.07) is 2.29. The zero-order valence-electron chi connectivity index (χ0n) is 11.7. The molecule has 0 radical (unpaired) electrons. The first kappa shape index (κ1) is 15.8. The van der Waals surface area contributed by atoms with E-state index in [-0.39, 0.29) is 12.0 Å². The molecule has 3 unspecified atom stereocenters. The Kier molecular flexibility index (Phi) is 5.49. The van der Waals surface area contributed by atoms with Gasteiger partial charge < -0.3 is 5.32 Å². The number of halogens is 3. The van der Waals surface area contributed by atoms with E-state index in [2.05, 4.69) is 16.8 Å². The Morgan fingerprint density at radius 1 is 1.40 bits per heavy atom. The van der Waals surface area contributed by atoms with Gasteiger partial charge in [0, 0.05) is 6.04 Å². The molecule has 1 saturated carbocycles. The van der Waals surface area contributed by atoms with Crippen molar-refractivity contribution in [2.45, 2.75) is 50.7 Å². The molecule has 1 heterocycles. The van der Waals surface area contributed by atoms with Gasteiger partial charge in [0.2, 0.25) is 0 Å². The van der Waals surface area contributed by atoms with Gasteiger partial charge in [0.15, 0.2) is 0 Å². The molecule has 3 atom stereocenters. The second kappa shape index (κ2) is 6.94. The number of aryl methyl sites for hydroxylation is 1. The monoisotopic (exact) mass is 305 g/mol. The molecular weight excluding hydrogens is 283 g/mol. The smallest absolute Gasteiger partial charge is 0.317 e. The van der Waals surface area contributed by atoms with Crippen LogP contribution in [0.4, 0.5) is 13.2 Å². The fourth-order valence-corrected chi connectivity index (χ4v) is 3.97. The summed E-state index contributed by atoms with van der Waals surface area (Å²) in [6.45, 7) is 0. The van der Waals surface area contributed by atoms with Crippen molar-refractivity contribution in [1.29, 1.82) is 0 Å². The van der Waals surface area contributed by atoms with Crippen LogP contribution in [-0.4, -0.2) is 19.3 Å². The molecule has 0 bridgehead atoms. The first-order chi connectivity index (χ1) is 9.50. The molecule has 1 N–H and O–H groups in total. The van der Waals surface area contributed by atoms with E-state index in [0.717, 1.165) is 19.3 Å². The summed E-state index contributed by atoms with van der Waals surface area (Å²) in [4.78, 5) is 0. The minimum atomic E-state index is -4.02. The van der Waals surface area contributed by atoms with Gasteiger partial charge in [-0.15, -0.1) is 0 Å². The molecule has 1 aromatic rings. The van der Waals surface area contributed by atoms with Crippen LogP contribution in [-0.2, 0) is 6.42 Å². The quantitative estimate of drug-likeness (QED) is 0.836. The standard InChI is InChI=1S/C15H22F3NS/c1-19-14(6-5-11-7-8-20-10-11)12-3-2-4-13(9-12)15(16,17)18/h7-8,10,12-14,19H,2-6,9H2,1H3. The molecular formula is C15H22F3NS. The first-order valence-electron chi connectivity index (χ1n) is 7.25. The van der Waals surface area contributed by atoms with E-state index in [1.807, 2.05) is 12.4 Å². The average Bonchev–Trinajstić information content (AvgIpc) is 2.92. The lowest BCUT2D eigenvalue weighted by molar-refractivity contribution is -0.186. The highest BCUT2D eigenvalue weighted by Crippen LogP contribution is 2.41. The van der Waals surface area contributed by atoms with Crippen LogP contribution in [0.1, 0.15) is 37.7 Å². The number of hydrogen-bond donors (Lipinski definition) is 1. The van der Waals surface area contributed by atoms with Crippen molar-refractivity contribution < 1.29 is 13.2 Å². The van der Waals surface area contributed by atoms with Gasteiger partial charge in [-0.1, -0.05) is 6.42 Å². The minimum Gasteiger partial charge on any atom is -0.317 e. The van der Waals surface area contributed by atoms with E-state index in [4.69, 9.17) is 0 Å². The van der Waals surface area contributed by atoms with Crippen LogP contribution in [0.2, 0.25) is 0 Å². The van der Waals surface area contributed by atoms with Gasteiger partial charge in [0.25, 0.3) is 0 Å². The van der Waals surface area contributed by atoms with Gasteiger partial charge >= 0.3 is 6.18 Å². The largest absolute Gasteiger partial charge is 0.391 e. The molecule has 114 valence electrons. The van der Waals surface area contributed by atoms with Gasteiger partial charge in [0.05, 0.1) is 5.92 Å². The molecule has 0 aliphatic heterocycles. The molecule has 2 rings (SSSR count). The molecule has 1 aromatic heterocycles. The number of hydrogen-bond acceptors (Lipinski definition) is 2. The third-order valence-electron chi connectivity index (χ3n) is 4.44. The molecule has 0 amide bonds. The number of nitrogens with one attached hydrogen (secondary N) is 1. The zero-order chi connectivity index (χ0) is 14.6.